The lowest BCUT2D eigenvalue weighted by Gasteiger charge is -2.26. The van der Waals surface area contributed by atoms with Crippen LogP contribution in [0.2, 0.25) is 0 Å². The largest absolute Gasteiger partial charge is 0.507 e. The molecule has 0 saturated carbocycles. The number of likely N-dealkylation sites (tertiary alicyclic amines) is 1. The van der Waals surface area contributed by atoms with E-state index in [0.717, 1.165) is 6.54 Å². The molecule has 8 heteroatoms. The second-order valence-electron chi connectivity index (χ2n) is 9.20. The highest BCUT2D eigenvalue weighted by atomic mass is 16.5. The first-order chi connectivity index (χ1) is 18.3. The van der Waals surface area contributed by atoms with Crippen molar-refractivity contribution in [2.45, 2.75) is 12.5 Å². The molecule has 38 heavy (non-hydrogen) atoms. The minimum absolute atomic E-state index is 0.0109. The van der Waals surface area contributed by atoms with E-state index in [-0.39, 0.29) is 16.9 Å². The summed E-state index contributed by atoms with van der Waals surface area (Å²) < 4.78 is 16.8. The first-order valence-electron chi connectivity index (χ1n) is 12.3. The third-order valence-corrected chi connectivity index (χ3v) is 6.36. The zero-order valence-corrected chi connectivity index (χ0v) is 22.0. The van der Waals surface area contributed by atoms with Crippen LogP contribution in [0.3, 0.4) is 0 Å². The van der Waals surface area contributed by atoms with Crippen LogP contribution < -0.4 is 14.2 Å². The van der Waals surface area contributed by atoms with Gasteiger partial charge in [0.25, 0.3) is 11.7 Å². The predicted molar refractivity (Wildman–Crippen MR) is 145 cm³/mol. The average molecular weight is 517 g/mol. The Balaban J connectivity index is 1.83. The fourth-order valence-electron chi connectivity index (χ4n) is 4.53. The number of carbonyl (C=O) groups excluding carboxylic acids is 2. The Morgan fingerprint density at radius 3 is 2.32 bits per heavy atom. The molecule has 0 bridgehead atoms. The van der Waals surface area contributed by atoms with Crippen LogP contribution in [0.4, 0.5) is 0 Å². The van der Waals surface area contributed by atoms with Gasteiger partial charge < -0.3 is 29.1 Å². The fraction of sp³-hybridized carbons (Fsp3) is 0.267. The van der Waals surface area contributed by atoms with Crippen molar-refractivity contribution in [2.24, 2.45) is 0 Å². The Hall–Kier alpha value is -4.30. The van der Waals surface area contributed by atoms with Gasteiger partial charge in [0.1, 0.15) is 28.8 Å². The molecular formula is C30H32N2O6. The molecule has 8 nitrogen and oxygen atoms in total. The number of aliphatic hydroxyl groups is 1. The molecule has 0 aromatic heterocycles. The zero-order valence-electron chi connectivity index (χ0n) is 22.0. The SMILES string of the molecule is COc1ccc(OC)c(/C(O)=C2\C(=O)C(=O)N(CCCN(C)C)C2c2cccc(Oc3ccccc3)c2)c1. The first kappa shape index (κ1) is 26.8. The normalized spacial score (nSPS) is 16.7. The van der Waals surface area contributed by atoms with Crippen LogP contribution in [-0.4, -0.2) is 68.0 Å². The number of nitrogens with zero attached hydrogens (tertiary/aromatic N) is 2. The second-order valence-corrected chi connectivity index (χ2v) is 9.20. The van der Waals surface area contributed by atoms with E-state index in [9.17, 15) is 14.7 Å². The van der Waals surface area contributed by atoms with Crippen LogP contribution in [0.15, 0.2) is 78.4 Å². The number of hydrogen-bond donors (Lipinski definition) is 1. The monoisotopic (exact) mass is 516 g/mol. The summed E-state index contributed by atoms with van der Waals surface area (Å²) in [5.41, 5.74) is 0.897. The van der Waals surface area contributed by atoms with Crippen LogP contribution in [0.25, 0.3) is 5.76 Å². The van der Waals surface area contributed by atoms with Crippen molar-refractivity contribution in [3.05, 3.63) is 89.5 Å². The van der Waals surface area contributed by atoms with Gasteiger partial charge in [0.15, 0.2) is 0 Å². The molecule has 0 spiro atoms. The molecule has 4 rings (SSSR count). The van der Waals surface area contributed by atoms with Gasteiger partial charge in [-0.05, 0) is 75.1 Å². The van der Waals surface area contributed by atoms with Crippen molar-refractivity contribution in [3.8, 4) is 23.0 Å². The van der Waals surface area contributed by atoms with E-state index in [0.29, 0.717) is 41.5 Å². The third-order valence-electron chi connectivity index (χ3n) is 6.36. The van der Waals surface area contributed by atoms with E-state index in [1.54, 1.807) is 36.4 Å². The topological polar surface area (TPSA) is 88.5 Å². The molecule has 1 aliphatic rings. The lowest BCUT2D eigenvalue weighted by atomic mass is 9.94. The molecule has 198 valence electrons. The highest BCUT2D eigenvalue weighted by molar-refractivity contribution is 6.46. The maximum Gasteiger partial charge on any atom is 0.295 e. The third kappa shape index (κ3) is 5.65. The Morgan fingerprint density at radius 1 is 0.895 bits per heavy atom. The number of ether oxygens (including phenoxy) is 3. The minimum atomic E-state index is -0.813. The number of carbonyl (C=O) groups is 2. The molecule has 1 atom stereocenters. The van der Waals surface area contributed by atoms with Crippen LogP contribution in [0, 0.1) is 0 Å². The number of hydrogen-bond acceptors (Lipinski definition) is 7. The van der Waals surface area contributed by atoms with Crippen LogP contribution in [-0.2, 0) is 9.59 Å². The highest BCUT2D eigenvalue weighted by Crippen LogP contribution is 2.42. The number of amides is 1. The molecular weight excluding hydrogens is 484 g/mol. The van der Waals surface area contributed by atoms with Crippen molar-refractivity contribution >= 4 is 17.4 Å². The number of Topliss-reactive ketones (excluding diaryl/α,β-unsaturated/α-hetero) is 1. The summed E-state index contributed by atoms with van der Waals surface area (Å²) >= 11 is 0. The van der Waals surface area contributed by atoms with Crippen molar-refractivity contribution < 1.29 is 28.9 Å². The standard InChI is InChI=1S/C30H32N2O6/c1-31(2)16-9-17-32-27(20-10-8-13-23(18-20)38-21-11-6-5-7-12-21)26(29(34)30(32)35)28(33)24-19-22(36-3)14-15-25(24)37-4/h5-8,10-15,18-19,27,33H,9,16-17H2,1-4H3/b28-26+. The highest BCUT2D eigenvalue weighted by Gasteiger charge is 2.46. The Labute approximate surface area is 222 Å². The van der Waals surface area contributed by atoms with Gasteiger partial charge in [-0.2, -0.15) is 0 Å². The van der Waals surface area contributed by atoms with E-state index in [4.69, 9.17) is 14.2 Å². The number of ketones is 1. The first-order valence-corrected chi connectivity index (χ1v) is 12.3. The van der Waals surface area contributed by atoms with E-state index in [2.05, 4.69) is 0 Å². The smallest absolute Gasteiger partial charge is 0.295 e. The summed E-state index contributed by atoms with van der Waals surface area (Å²) in [5.74, 6) is 0.290. The van der Waals surface area contributed by atoms with E-state index >= 15 is 0 Å². The van der Waals surface area contributed by atoms with Gasteiger partial charge in [-0.1, -0.05) is 30.3 Å². The van der Waals surface area contributed by atoms with Crippen LogP contribution >= 0.6 is 0 Å². The molecule has 0 radical (unpaired) electrons. The molecule has 1 fully saturated rings. The van der Waals surface area contributed by atoms with Crippen LogP contribution in [0.5, 0.6) is 23.0 Å². The van der Waals surface area contributed by atoms with Gasteiger partial charge in [0, 0.05) is 6.54 Å². The lowest BCUT2D eigenvalue weighted by molar-refractivity contribution is -0.139. The molecule has 3 aromatic rings. The predicted octanol–water partition coefficient (Wildman–Crippen LogP) is 4.87. The number of methoxy groups -OCH3 is 2. The number of rotatable bonds is 10. The van der Waals surface area contributed by atoms with Crippen molar-refractivity contribution in [1.82, 2.24) is 9.80 Å². The molecule has 1 N–H and O–H groups in total. The van der Waals surface area contributed by atoms with Crippen LogP contribution in [0.1, 0.15) is 23.6 Å². The van der Waals surface area contributed by atoms with Crippen molar-refractivity contribution in [1.29, 1.82) is 0 Å². The van der Waals surface area contributed by atoms with Gasteiger partial charge in [-0.15, -0.1) is 0 Å². The summed E-state index contributed by atoms with van der Waals surface area (Å²) in [5, 5.41) is 11.5. The van der Waals surface area contributed by atoms with E-state index in [1.165, 1.54) is 19.1 Å². The summed E-state index contributed by atoms with van der Waals surface area (Å²) in [6, 6.07) is 20.7. The summed E-state index contributed by atoms with van der Waals surface area (Å²) in [4.78, 5) is 30.2. The molecule has 3 aromatic carbocycles. The maximum atomic E-state index is 13.4. The Kier molecular flexibility index (Phi) is 8.33. The number of para-hydroxylation sites is 1. The molecule has 1 amide bonds. The van der Waals surface area contributed by atoms with E-state index < -0.39 is 17.7 Å². The van der Waals surface area contributed by atoms with Gasteiger partial charge in [-0.3, -0.25) is 9.59 Å². The average Bonchev–Trinajstić information content (AvgIpc) is 3.18. The fourth-order valence-corrected chi connectivity index (χ4v) is 4.53. The molecule has 1 saturated heterocycles. The summed E-state index contributed by atoms with van der Waals surface area (Å²) in [6.45, 7) is 1.07. The zero-order chi connectivity index (χ0) is 27.2. The van der Waals surface area contributed by atoms with Crippen molar-refractivity contribution in [3.63, 3.8) is 0 Å². The molecule has 1 unspecified atom stereocenters. The lowest BCUT2D eigenvalue weighted by Crippen LogP contribution is -2.32. The van der Waals surface area contributed by atoms with E-state index in [1.807, 2.05) is 55.4 Å². The van der Waals surface area contributed by atoms with Gasteiger partial charge in [-0.25, -0.2) is 0 Å². The van der Waals surface area contributed by atoms with Gasteiger partial charge >= 0.3 is 0 Å². The van der Waals surface area contributed by atoms with Gasteiger partial charge in [0.05, 0.1) is 31.4 Å². The second kappa shape index (κ2) is 11.8. The number of benzene rings is 3. The molecule has 0 aliphatic carbocycles. The number of aliphatic hydroxyl groups excluding tert-OH is 1. The quantitative estimate of drug-likeness (QED) is 0.234. The van der Waals surface area contributed by atoms with Crippen molar-refractivity contribution in [2.75, 3.05) is 41.4 Å². The van der Waals surface area contributed by atoms with Gasteiger partial charge in [0.2, 0.25) is 0 Å². The summed E-state index contributed by atoms with van der Waals surface area (Å²) in [6.07, 6.45) is 0.652. The molecule has 1 aliphatic heterocycles. The molecule has 1 heterocycles. The maximum absolute atomic E-state index is 13.4. The Bertz CT molecular complexity index is 1340. The minimum Gasteiger partial charge on any atom is -0.507 e. The summed E-state index contributed by atoms with van der Waals surface area (Å²) in [7, 11) is 6.88. The Morgan fingerprint density at radius 2 is 1.63 bits per heavy atom.